The van der Waals surface area contributed by atoms with Crippen molar-refractivity contribution in [2.75, 3.05) is 38.4 Å². The molecule has 0 saturated carbocycles. The van der Waals surface area contributed by atoms with Gasteiger partial charge in [0, 0.05) is 18.7 Å². The average molecular weight is 522 g/mol. The van der Waals surface area contributed by atoms with Crippen molar-refractivity contribution in [1.82, 2.24) is 10.2 Å². The second kappa shape index (κ2) is 12.5. The van der Waals surface area contributed by atoms with Crippen molar-refractivity contribution < 1.29 is 32.2 Å². The molecule has 36 heavy (non-hydrogen) atoms. The van der Waals surface area contributed by atoms with Gasteiger partial charge in [-0.3, -0.25) is 13.9 Å². The smallest absolute Gasteiger partial charge is 0.244 e. The van der Waals surface area contributed by atoms with E-state index in [1.807, 2.05) is 13.8 Å². The number of ether oxygens (including phenoxy) is 3. The number of benzene rings is 2. The molecular formula is C25H35N3O7S. The van der Waals surface area contributed by atoms with Crippen molar-refractivity contribution in [3.05, 3.63) is 48.0 Å². The van der Waals surface area contributed by atoms with Crippen LogP contribution in [0.1, 0.15) is 26.3 Å². The molecule has 0 heterocycles. The van der Waals surface area contributed by atoms with Gasteiger partial charge in [-0.25, -0.2) is 8.42 Å². The molecule has 0 spiro atoms. The van der Waals surface area contributed by atoms with E-state index < -0.39 is 28.5 Å². The normalized spacial score (nSPS) is 12.0. The molecule has 0 fully saturated rings. The fraction of sp³-hybridized carbons (Fsp3) is 0.440. The Balaban J connectivity index is 2.45. The van der Waals surface area contributed by atoms with Crippen LogP contribution in [0, 0.1) is 0 Å². The summed E-state index contributed by atoms with van der Waals surface area (Å²) >= 11 is 0. The summed E-state index contributed by atoms with van der Waals surface area (Å²) in [5.41, 5.74) is 0.952. The van der Waals surface area contributed by atoms with Crippen LogP contribution in [0.5, 0.6) is 17.2 Å². The predicted molar refractivity (Wildman–Crippen MR) is 138 cm³/mol. The first-order valence-corrected chi connectivity index (χ1v) is 13.2. The highest BCUT2D eigenvalue weighted by Crippen LogP contribution is 2.32. The lowest BCUT2D eigenvalue weighted by Gasteiger charge is -2.32. The van der Waals surface area contributed by atoms with Crippen molar-refractivity contribution >= 4 is 27.5 Å². The highest BCUT2D eigenvalue weighted by molar-refractivity contribution is 7.92. The van der Waals surface area contributed by atoms with Crippen LogP contribution in [0.2, 0.25) is 0 Å². The van der Waals surface area contributed by atoms with E-state index in [0.717, 1.165) is 16.1 Å². The molecule has 2 rings (SSSR count). The van der Waals surface area contributed by atoms with Gasteiger partial charge in [-0.15, -0.1) is 0 Å². The zero-order chi connectivity index (χ0) is 27.0. The summed E-state index contributed by atoms with van der Waals surface area (Å²) in [6.45, 7) is 4.81. The SMILES string of the molecule is COc1cccc(CN(C(=O)CN(c2ccc(OC)c(OC)c2)S(C)(=O)=O)[C@@H](C)C(=O)NC(C)C)c1. The molecule has 0 unspecified atom stereocenters. The Kier molecular flexibility index (Phi) is 9.97. The number of amides is 2. The molecule has 1 atom stereocenters. The van der Waals surface area contributed by atoms with E-state index in [1.54, 1.807) is 37.3 Å². The van der Waals surface area contributed by atoms with Crippen LogP contribution in [0.4, 0.5) is 5.69 Å². The minimum atomic E-state index is -3.87. The number of sulfonamides is 1. The van der Waals surface area contributed by atoms with E-state index in [9.17, 15) is 18.0 Å². The van der Waals surface area contributed by atoms with Gasteiger partial charge in [-0.05, 0) is 50.6 Å². The highest BCUT2D eigenvalue weighted by Gasteiger charge is 2.30. The summed E-state index contributed by atoms with van der Waals surface area (Å²) in [6.07, 6.45) is 1.01. The summed E-state index contributed by atoms with van der Waals surface area (Å²) in [4.78, 5) is 27.8. The second-order valence-corrected chi connectivity index (χ2v) is 10.4. The molecule has 0 aromatic heterocycles. The minimum absolute atomic E-state index is 0.0756. The molecule has 0 saturated heterocycles. The van der Waals surface area contributed by atoms with Crippen LogP contribution in [-0.4, -0.2) is 71.3 Å². The average Bonchev–Trinajstić information content (AvgIpc) is 2.83. The molecule has 2 aromatic rings. The molecule has 11 heteroatoms. The van der Waals surface area contributed by atoms with Crippen molar-refractivity contribution in [3.63, 3.8) is 0 Å². The molecule has 0 bridgehead atoms. The molecular weight excluding hydrogens is 486 g/mol. The van der Waals surface area contributed by atoms with E-state index in [-0.39, 0.29) is 24.2 Å². The van der Waals surface area contributed by atoms with Crippen LogP contribution in [0.3, 0.4) is 0 Å². The van der Waals surface area contributed by atoms with E-state index in [2.05, 4.69) is 5.32 Å². The van der Waals surface area contributed by atoms with Gasteiger partial charge < -0.3 is 24.4 Å². The molecule has 2 amide bonds. The standard InChI is InChI=1S/C25H35N3O7S/c1-17(2)26-25(30)18(3)27(15-19-9-8-10-21(13-19)33-4)24(29)16-28(36(7,31)32)20-11-12-22(34-5)23(14-20)35-6/h8-14,17-18H,15-16H2,1-7H3,(H,26,30)/t18-/m0/s1. The topological polar surface area (TPSA) is 114 Å². The van der Waals surface area contributed by atoms with Crippen LogP contribution < -0.4 is 23.8 Å². The molecule has 0 radical (unpaired) electrons. The number of anilines is 1. The number of carbonyl (C=O) groups excluding carboxylic acids is 2. The largest absolute Gasteiger partial charge is 0.497 e. The summed E-state index contributed by atoms with van der Waals surface area (Å²) in [5, 5.41) is 2.81. The lowest BCUT2D eigenvalue weighted by molar-refractivity contribution is -0.139. The Morgan fingerprint density at radius 3 is 2.17 bits per heavy atom. The number of carbonyl (C=O) groups is 2. The van der Waals surface area contributed by atoms with Gasteiger partial charge in [0.05, 0.1) is 33.3 Å². The van der Waals surface area contributed by atoms with Gasteiger partial charge in [0.15, 0.2) is 11.5 Å². The van der Waals surface area contributed by atoms with Crippen molar-refractivity contribution in [3.8, 4) is 17.2 Å². The minimum Gasteiger partial charge on any atom is -0.497 e. The number of nitrogens with one attached hydrogen (secondary N) is 1. The molecule has 0 aliphatic heterocycles. The van der Waals surface area contributed by atoms with Gasteiger partial charge in [-0.2, -0.15) is 0 Å². The molecule has 1 N–H and O–H groups in total. The third kappa shape index (κ3) is 7.51. The van der Waals surface area contributed by atoms with E-state index in [1.165, 1.54) is 38.4 Å². The quantitative estimate of drug-likeness (QED) is 0.456. The van der Waals surface area contributed by atoms with Gasteiger partial charge in [0.1, 0.15) is 18.3 Å². The number of methoxy groups -OCH3 is 3. The van der Waals surface area contributed by atoms with Crippen molar-refractivity contribution in [2.45, 2.75) is 39.4 Å². The van der Waals surface area contributed by atoms with Crippen LogP contribution >= 0.6 is 0 Å². The zero-order valence-corrected chi connectivity index (χ0v) is 22.6. The van der Waals surface area contributed by atoms with Gasteiger partial charge in [-0.1, -0.05) is 12.1 Å². The third-order valence-electron chi connectivity index (χ3n) is 5.42. The first kappa shape index (κ1) is 28.8. The maximum atomic E-state index is 13.6. The fourth-order valence-corrected chi connectivity index (χ4v) is 4.39. The Hall–Kier alpha value is -3.47. The van der Waals surface area contributed by atoms with E-state index in [4.69, 9.17) is 14.2 Å². The molecule has 2 aromatic carbocycles. The van der Waals surface area contributed by atoms with Gasteiger partial charge >= 0.3 is 0 Å². The number of rotatable bonds is 12. The maximum absolute atomic E-state index is 13.6. The number of hydrogen-bond donors (Lipinski definition) is 1. The Labute approximate surface area is 213 Å². The molecule has 10 nitrogen and oxygen atoms in total. The fourth-order valence-electron chi connectivity index (χ4n) is 3.55. The first-order chi connectivity index (χ1) is 16.9. The van der Waals surface area contributed by atoms with Crippen molar-refractivity contribution in [1.29, 1.82) is 0 Å². The van der Waals surface area contributed by atoms with Crippen LogP contribution in [-0.2, 0) is 26.2 Å². The third-order valence-corrected chi connectivity index (χ3v) is 6.56. The van der Waals surface area contributed by atoms with Crippen molar-refractivity contribution in [2.24, 2.45) is 0 Å². The van der Waals surface area contributed by atoms with Gasteiger partial charge in [0.2, 0.25) is 21.8 Å². The summed E-state index contributed by atoms with van der Waals surface area (Å²) < 4.78 is 42.2. The predicted octanol–water partition coefficient (Wildman–Crippen LogP) is 2.42. The summed E-state index contributed by atoms with van der Waals surface area (Å²) in [7, 11) is 0.566. The Morgan fingerprint density at radius 1 is 0.944 bits per heavy atom. The summed E-state index contributed by atoms with van der Waals surface area (Å²) in [5.74, 6) is 0.429. The molecule has 0 aliphatic carbocycles. The Bertz CT molecular complexity index is 1170. The van der Waals surface area contributed by atoms with Gasteiger partial charge in [0.25, 0.3) is 0 Å². The molecule has 198 valence electrons. The lowest BCUT2D eigenvalue weighted by atomic mass is 10.1. The second-order valence-electron chi connectivity index (χ2n) is 8.52. The van der Waals surface area contributed by atoms with Crippen LogP contribution in [0.15, 0.2) is 42.5 Å². The number of nitrogens with zero attached hydrogens (tertiary/aromatic N) is 2. The lowest BCUT2D eigenvalue weighted by Crippen LogP contribution is -2.52. The van der Waals surface area contributed by atoms with Crippen LogP contribution in [0.25, 0.3) is 0 Å². The van der Waals surface area contributed by atoms with E-state index in [0.29, 0.717) is 17.2 Å². The van der Waals surface area contributed by atoms with E-state index >= 15 is 0 Å². The highest BCUT2D eigenvalue weighted by atomic mass is 32.2. The summed E-state index contributed by atoms with van der Waals surface area (Å²) in [6, 6.07) is 10.7. The Morgan fingerprint density at radius 2 is 1.61 bits per heavy atom. The number of hydrogen-bond acceptors (Lipinski definition) is 7. The zero-order valence-electron chi connectivity index (χ0n) is 21.8. The molecule has 0 aliphatic rings. The maximum Gasteiger partial charge on any atom is 0.244 e. The first-order valence-electron chi connectivity index (χ1n) is 11.3. The monoisotopic (exact) mass is 521 g/mol.